The van der Waals surface area contributed by atoms with Crippen molar-refractivity contribution in [3.05, 3.63) is 107 Å². The summed E-state index contributed by atoms with van der Waals surface area (Å²) in [4.78, 5) is 13.1. The first kappa shape index (κ1) is 22.3. The molecule has 1 aliphatic heterocycles. The number of benzene rings is 3. The minimum Gasteiger partial charge on any atom is -0.352 e. The Hall–Kier alpha value is -2.91. The maximum Gasteiger partial charge on any atom is 0.237 e. The second-order valence-corrected chi connectivity index (χ2v) is 8.87. The summed E-state index contributed by atoms with van der Waals surface area (Å²) in [6.45, 7) is 0.765. The topological polar surface area (TPSA) is 41.1 Å². The Morgan fingerprint density at radius 3 is 1.91 bits per heavy atom. The molecule has 0 aromatic heterocycles. The summed E-state index contributed by atoms with van der Waals surface area (Å²) >= 11 is 0. The van der Waals surface area contributed by atoms with Crippen LogP contribution in [0.2, 0.25) is 0 Å². The fraction of sp³-hybridized carbons (Fsp3) is 0.345. The van der Waals surface area contributed by atoms with Gasteiger partial charge < -0.3 is 10.6 Å². The molecule has 4 rings (SSSR count). The second-order valence-electron chi connectivity index (χ2n) is 8.87. The van der Waals surface area contributed by atoms with E-state index in [2.05, 4.69) is 95.6 Å². The second kappa shape index (κ2) is 11.6. The third kappa shape index (κ3) is 6.54. The molecule has 2 N–H and O–H groups in total. The van der Waals surface area contributed by atoms with Gasteiger partial charge in [0.2, 0.25) is 5.91 Å². The number of carbonyl (C=O) groups is 1. The molecule has 0 spiro atoms. The highest BCUT2D eigenvalue weighted by Gasteiger charge is 2.25. The molecular formula is C29H34N2O. The first-order valence-electron chi connectivity index (χ1n) is 12.0. The Labute approximate surface area is 192 Å². The van der Waals surface area contributed by atoms with Gasteiger partial charge in [-0.25, -0.2) is 0 Å². The summed E-state index contributed by atoms with van der Waals surface area (Å²) in [5.74, 6) is 0.143. The fourth-order valence-electron chi connectivity index (χ4n) is 4.62. The number of hydrogen-bond acceptors (Lipinski definition) is 2. The van der Waals surface area contributed by atoms with Crippen molar-refractivity contribution in [1.82, 2.24) is 10.6 Å². The lowest BCUT2D eigenvalue weighted by molar-refractivity contribution is -0.124. The van der Waals surface area contributed by atoms with E-state index in [0.29, 0.717) is 0 Å². The lowest BCUT2D eigenvalue weighted by Crippen LogP contribution is -2.50. The van der Waals surface area contributed by atoms with E-state index < -0.39 is 0 Å². The summed E-state index contributed by atoms with van der Waals surface area (Å²) in [7, 11) is 0. The standard InChI is InChI=1S/C29H34N2O/c32-29(28-21-25-17-7-8-18-26(25)22-30-28)31-27(19-9-15-23-11-3-1-4-12-23)20-10-16-24-13-5-2-6-14-24/h1-8,11-14,17-18,27-28,30H,9-10,15-16,19-22H2,(H,31,32). The summed E-state index contributed by atoms with van der Waals surface area (Å²) in [5.41, 5.74) is 5.33. The molecule has 166 valence electrons. The van der Waals surface area contributed by atoms with E-state index in [1.807, 2.05) is 0 Å². The number of carbonyl (C=O) groups excluding carboxylic acids is 1. The SMILES string of the molecule is O=C(NC(CCCc1ccccc1)CCCc1ccccc1)C1Cc2ccccc2CN1. The van der Waals surface area contributed by atoms with Gasteiger partial charge in [0, 0.05) is 12.6 Å². The minimum atomic E-state index is -0.143. The molecule has 32 heavy (non-hydrogen) atoms. The zero-order valence-electron chi connectivity index (χ0n) is 18.8. The number of nitrogens with one attached hydrogen (secondary N) is 2. The number of aryl methyl sites for hydroxylation is 2. The molecule has 0 aliphatic carbocycles. The zero-order valence-corrected chi connectivity index (χ0v) is 18.8. The van der Waals surface area contributed by atoms with E-state index in [1.165, 1.54) is 22.3 Å². The summed E-state index contributed by atoms with van der Waals surface area (Å²) < 4.78 is 0. The van der Waals surface area contributed by atoms with Gasteiger partial charge in [-0.1, -0.05) is 84.9 Å². The highest BCUT2D eigenvalue weighted by Crippen LogP contribution is 2.18. The van der Waals surface area contributed by atoms with Crippen LogP contribution in [0, 0.1) is 0 Å². The van der Waals surface area contributed by atoms with E-state index in [-0.39, 0.29) is 18.0 Å². The van der Waals surface area contributed by atoms with Crippen LogP contribution in [0.5, 0.6) is 0 Å². The van der Waals surface area contributed by atoms with Crippen molar-refractivity contribution in [3.8, 4) is 0 Å². The highest BCUT2D eigenvalue weighted by atomic mass is 16.2. The van der Waals surface area contributed by atoms with E-state index in [9.17, 15) is 4.79 Å². The van der Waals surface area contributed by atoms with E-state index in [1.54, 1.807) is 0 Å². The van der Waals surface area contributed by atoms with E-state index in [0.717, 1.165) is 51.5 Å². The molecule has 3 heteroatoms. The highest BCUT2D eigenvalue weighted by molar-refractivity contribution is 5.82. The Morgan fingerprint density at radius 1 is 0.781 bits per heavy atom. The molecule has 1 heterocycles. The van der Waals surface area contributed by atoms with Crippen LogP contribution in [-0.4, -0.2) is 18.0 Å². The van der Waals surface area contributed by atoms with Crippen molar-refractivity contribution in [3.63, 3.8) is 0 Å². The molecular weight excluding hydrogens is 392 g/mol. The quantitative estimate of drug-likeness (QED) is 0.466. The number of rotatable bonds is 10. The minimum absolute atomic E-state index is 0.143. The molecule has 1 aliphatic rings. The van der Waals surface area contributed by atoms with Crippen molar-refractivity contribution in [2.75, 3.05) is 0 Å². The number of hydrogen-bond donors (Lipinski definition) is 2. The van der Waals surface area contributed by atoms with Crippen LogP contribution < -0.4 is 10.6 Å². The molecule has 1 unspecified atom stereocenters. The lowest BCUT2D eigenvalue weighted by Gasteiger charge is -2.28. The molecule has 0 radical (unpaired) electrons. The average Bonchev–Trinajstić information content (AvgIpc) is 2.85. The van der Waals surface area contributed by atoms with Gasteiger partial charge in [-0.2, -0.15) is 0 Å². The third-order valence-corrected chi connectivity index (χ3v) is 6.47. The lowest BCUT2D eigenvalue weighted by atomic mass is 9.94. The summed E-state index contributed by atoms with van der Waals surface area (Å²) in [6, 6.07) is 29.8. The Bertz CT molecular complexity index is 925. The van der Waals surface area contributed by atoms with Crippen LogP contribution in [0.1, 0.15) is 47.9 Å². The Balaban J connectivity index is 1.32. The van der Waals surface area contributed by atoms with Crippen LogP contribution in [0.4, 0.5) is 0 Å². The zero-order chi connectivity index (χ0) is 22.0. The summed E-state index contributed by atoms with van der Waals surface area (Å²) in [6.07, 6.45) is 7.07. The van der Waals surface area contributed by atoms with Crippen molar-refractivity contribution in [1.29, 1.82) is 0 Å². The first-order chi connectivity index (χ1) is 15.8. The average molecular weight is 427 g/mol. The van der Waals surface area contributed by atoms with Gasteiger partial charge in [-0.15, -0.1) is 0 Å². The molecule has 0 saturated heterocycles. The molecule has 3 aromatic rings. The molecule has 1 amide bonds. The first-order valence-corrected chi connectivity index (χ1v) is 12.0. The maximum absolute atomic E-state index is 13.1. The third-order valence-electron chi connectivity index (χ3n) is 6.47. The Morgan fingerprint density at radius 2 is 1.31 bits per heavy atom. The van der Waals surface area contributed by atoms with Gasteiger partial charge in [0.1, 0.15) is 0 Å². The molecule has 3 aromatic carbocycles. The molecule has 3 nitrogen and oxygen atoms in total. The van der Waals surface area contributed by atoms with Crippen LogP contribution in [0.3, 0.4) is 0 Å². The van der Waals surface area contributed by atoms with Crippen LogP contribution in [-0.2, 0) is 30.6 Å². The van der Waals surface area contributed by atoms with Crippen molar-refractivity contribution in [2.45, 2.75) is 63.6 Å². The maximum atomic E-state index is 13.1. The van der Waals surface area contributed by atoms with Gasteiger partial charge in [0.05, 0.1) is 6.04 Å². The molecule has 0 bridgehead atoms. The molecule has 1 atom stereocenters. The largest absolute Gasteiger partial charge is 0.352 e. The van der Waals surface area contributed by atoms with Gasteiger partial charge in [0.25, 0.3) is 0 Å². The van der Waals surface area contributed by atoms with Crippen molar-refractivity contribution < 1.29 is 4.79 Å². The smallest absolute Gasteiger partial charge is 0.237 e. The van der Waals surface area contributed by atoms with Crippen LogP contribution in [0.25, 0.3) is 0 Å². The van der Waals surface area contributed by atoms with Crippen LogP contribution in [0.15, 0.2) is 84.9 Å². The van der Waals surface area contributed by atoms with Crippen molar-refractivity contribution >= 4 is 5.91 Å². The van der Waals surface area contributed by atoms with Crippen LogP contribution >= 0.6 is 0 Å². The van der Waals surface area contributed by atoms with Gasteiger partial charge in [-0.05, 0) is 67.2 Å². The van der Waals surface area contributed by atoms with E-state index >= 15 is 0 Å². The van der Waals surface area contributed by atoms with E-state index in [4.69, 9.17) is 0 Å². The Kier molecular flexibility index (Phi) is 8.11. The van der Waals surface area contributed by atoms with Gasteiger partial charge in [0.15, 0.2) is 0 Å². The molecule has 0 saturated carbocycles. The number of fused-ring (bicyclic) bond motifs is 1. The fourth-order valence-corrected chi connectivity index (χ4v) is 4.62. The predicted molar refractivity (Wildman–Crippen MR) is 131 cm³/mol. The van der Waals surface area contributed by atoms with Gasteiger partial charge in [-0.3, -0.25) is 4.79 Å². The molecule has 0 fully saturated rings. The summed E-state index contributed by atoms with van der Waals surface area (Å²) in [5, 5.41) is 6.82. The number of amides is 1. The van der Waals surface area contributed by atoms with Gasteiger partial charge >= 0.3 is 0 Å². The monoisotopic (exact) mass is 426 g/mol. The predicted octanol–water partition coefficient (Wildman–Crippen LogP) is 5.23. The normalized spacial score (nSPS) is 15.3. The van der Waals surface area contributed by atoms with Crippen molar-refractivity contribution in [2.24, 2.45) is 0 Å².